The van der Waals surface area contributed by atoms with Crippen LogP contribution in [0.25, 0.3) is 0 Å². The Morgan fingerprint density at radius 2 is 1.67 bits per heavy atom. The molecular weight excluding hydrogens is 374 g/mol. The summed E-state index contributed by atoms with van der Waals surface area (Å²) in [6, 6.07) is 20.2. The SMILES string of the molecule is S=C(Nc1ccc(Cl)cc1)NC1CC2CCCC(C1)N2Cc1ccccc1. The van der Waals surface area contributed by atoms with E-state index in [4.69, 9.17) is 23.8 Å². The molecule has 2 heterocycles. The van der Waals surface area contributed by atoms with Gasteiger partial charge in [-0.05, 0) is 67.7 Å². The number of fused-ring (bicyclic) bond motifs is 2. The highest BCUT2D eigenvalue weighted by molar-refractivity contribution is 7.80. The number of thiocarbonyl (C=S) groups is 1. The van der Waals surface area contributed by atoms with Crippen LogP contribution in [0.1, 0.15) is 37.7 Å². The summed E-state index contributed by atoms with van der Waals surface area (Å²) in [5.41, 5.74) is 2.39. The van der Waals surface area contributed by atoms with E-state index in [0.29, 0.717) is 23.2 Å². The van der Waals surface area contributed by atoms with Crippen LogP contribution in [0.15, 0.2) is 54.6 Å². The Balaban J connectivity index is 1.35. The summed E-state index contributed by atoms with van der Waals surface area (Å²) >= 11 is 11.5. The Bertz CT molecular complexity index is 751. The minimum Gasteiger partial charge on any atom is -0.360 e. The van der Waals surface area contributed by atoms with Crippen molar-refractivity contribution in [2.24, 2.45) is 0 Å². The molecule has 2 aliphatic rings. The molecule has 0 amide bonds. The lowest BCUT2D eigenvalue weighted by molar-refractivity contribution is 0.0212. The summed E-state index contributed by atoms with van der Waals surface area (Å²) in [6.45, 7) is 1.07. The van der Waals surface area contributed by atoms with E-state index in [0.717, 1.165) is 30.1 Å². The Morgan fingerprint density at radius 3 is 2.33 bits per heavy atom. The molecule has 5 heteroatoms. The van der Waals surface area contributed by atoms with Gasteiger partial charge in [0, 0.05) is 35.4 Å². The van der Waals surface area contributed by atoms with Gasteiger partial charge >= 0.3 is 0 Å². The molecule has 142 valence electrons. The number of anilines is 1. The van der Waals surface area contributed by atoms with Gasteiger partial charge in [-0.2, -0.15) is 0 Å². The number of benzene rings is 2. The molecule has 4 rings (SSSR count). The molecule has 0 radical (unpaired) electrons. The van der Waals surface area contributed by atoms with E-state index in [9.17, 15) is 0 Å². The largest absolute Gasteiger partial charge is 0.360 e. The molecular formula is C22H26ClN3S. The molecule has 27 heavy (non-hydrogen) atoms. The van der Waals surface area contributed by atoms with E-state index in [1.165, 1.54) is 24.8 Å². The monoisotopic (exact) mass is 399 g/mol. The second-order valence-corrected chi connectivity index (χ2v) is 8.51. The van der Waals surface area contributed by atoms with Gasteiger partial charge in [0.1, 0.15) is 0 Å². The van der Waals surface area contributed by atoms with Gasteiger partial charge in [0.2, 0.25) is 0 Å². The molecule has 0 spiro atoms. The molecule has 0 aromatic heterocycles. The van der Waals surface area contributed by atoms with Gasteiger partial charge in [-0.25, -0.2) is 0 Å². The first-order valence-electron chi connectivity index (χ1n) is 9.80. The standard InChI is InChI=1S/C22H26ClN3S/c23-17-9-11-18(12-10-17)24-22(27)25-19-13-20-7-4-8-21(14-19)26(20)15-16-5-2-1-3-6-16/h1-3,5-6,9-12,19-21H,4,7-8,13-15H2,(H2,24,25,27). The van der Waals surface area contributed by atoms with Crippen LogP contribution in [0.4, 0.5) is 5.69 Å². The average molecular weight is 400 g/mol. The zero-order valence-electron chi connectivity index (χ0n) is 15.4. The summed E-state index contributed by atoms with van der Waals surface area (Å²) in [6.07, 6.45) is 6.25. The first kappa shape index (κ1) is 18.7. The molecule has 2 unspecified atom stereocenters. The highest BCUT2D eigenvalue weighted by Crippen LogP contribution is 2.35. The van der Waals surface area contributed by atoms with Gasteiger partial charge in [-0.3, -0.25) is 4.90 Å². The second kappa shape index (κ2) is 8.59. The molecule has 0 aliphatic carbocycles. The van der Waals surface area contributed by atoms with Crippen LogP contribution >= 0.6 is 23.8 Å². The van der Waals surface area contributed by atoms with E-state index in [2.05, 4.69) is 45.9 Å². The van der Waals surface area contributed by atoms with Crippen molar-refractivity contribution in [2.45, 2.75) is 56.8 Å². The highest BCUT2D eigenvalue weighted by atomic mass is 35.5. The quantitative estimate of drug-likeness (QED) is 0.690. The van der Waals surface area contributed by atoms with Crippen LogP contribution in [0.3, 0.4) is 0 Å². The first-order chi connectivity index (χ1) is 13.2. The van der Waals surface area contributed by atoms with Crippen LogP contribution in [-0.2, 0) is 6.54 Å². The maximum atomic E-state index is 5.95. The van der Waals surface area contributed by atoms with Crippen molar-refractivity contribution in [1.82, 2.24) is 10.2 Å². The molecule has 2 aromatic carbocycles. The fourth-order valence-corrected chi connectivity index (χ4v) is 4.95. The first-order valence-corrected chi connectivity index (χ1v) is 10.6. The van der Waals surface area contributed by atoms with Gasteiger partial charge in [0.25, 0.3) is 0 Å². The van der Waals surface area contributed by atoms with Crippen molar-refractivity contribution in [3.63, 3.8) is 0 Å². The lowest BCUT2D eigenvalue weighted by Gasteiger charge is -2.49. The smallest absolute Gasteiger partial charge is 0.170 e. The maximum Gasteiger partial charge on any atom is 0.170 e. The summed E-state index contributed by atoms with van der Waals surface area (Å²) in [5, 5.41) is 8.28. The van der Waals surface area contributed by atoms with Gasteiger partial charge in [0.15, 0.2) is 5.11 Å². The summed E-state index contributed by atoms with van der Waals surface area (Å²) < 4.78 is 0. The molecule has 2 N–H and O–H groups in total. The predicted octanol–water partition coefficient (Wildman–Crippen LogP) is 5.21. The predicted molar refractivity (Wildman–Crippen MR) is 117 cm³/mol. The van der Waals surface area contributed by atoms with Crippen LogP contribution in [-0.4, -0.2) is 28.1 Å². The second-order valence-electron chi connectivity index (χ2n) is 7.67. The molecule has 3 nitrogen and oxygen atoms in total. The number of halogens is 1. The topological polar surface area (TPSA) is 27.3 Å². The van der Waals surface area contributed by atoms with Crippen molar-refractivity contribution in [2.75, 3.05) is 5.32 Å². The Kier molecular flexibility index (Phi) is 5.96. The lowest BCUT2D eigenvalue weighted by Crippen LogP contribution is -2.56. The highest BCUT2D eigenvalue weighted by Gasteiger charge is 2.38. The van der Waals surface area contributed by atoms with Crippen molar-refractivity contribution < 1.29 is 0 Å². The number of hydrogen-bond donors (Lipinski definition) is 2. The van der Waals surface area contributed by atoms with E-state index in [-0.39, 0.29) is 0 Å². The van der Waals surface area contributed by atoms with Gasteiger partial charge in [0.05, 0.1) is 0 Å². The number of rotatable bonds is 4. The van der Waals surface area contributed by atoms with E-state index < -0.39 is 0 Å². The van der Waals surface area contributed by atoms with Crippen molar-refractivity contribution >= 4 is 34.6 Å². The van der Waals surface area contributed by atoms with Gasteiger partial charge in [-0.1, -0.05) is 48.4 Å². The van der Waals surface area contributed by atoms with Gasteiger partial charge < -0.3 is 10.6 Å². The van der Waals surface area contributed by atoms with Crippen molar-refractivity contribution in [3.8, 4) is 0 Å². The summed E-state index contributed by atoms with van der Waals surface area (Å²) in [7, 11) is 0. The minimum atomic E-state index is 0.444. The van der Waals surface area contributed by atoms with Gasteiger partial charge in [-0.15, -0.1) is 0 Å². The molecule has 0 saturated carbocycles. The normalized spacial score (nSPS) is 25.0. The van der Waals surface area contributed by atoms with Crippen molar-refractivity contribution in [1.29, 1.82) is 0 Å². The number of nitrogens with one attached hydrogen (secondary N) is 2. The minimum absolute atomic E-state index is 0.444. The molecule has 2 aromatic rings. The number of piperidine rings is 2. The average Bonchev–Trinajstić information content (AvgIpc) is 2.65. The van der Waals surface area contributed by atoms with Crippen LogP contribution in [0, 0.1) is 0 Å². The third kappa shape index (κ3) is 4.81. The van der Waals surface area contributed by atoms with Crippen LogP contribution in [0.5, 0.6) is 0 Å². The van der Waals surface area contributed by atoms with Crippen molar-refractivity contribution in [3.05, 3.63) is 65.2 Å². The fourth-order valence-electron chi connectivity index (χ4n) is 4.53. The Hall–Kier alpha value is -1.62. The zero-order chi connectivity index (χ0) is 18.6. The lowest BCUT2D eigenvalue weighted by atomic mass is 9.81. The maximum absolute atomic E-state index is 5.95. The van der Waals surface area contributed by atoms with Crippen LogP contribution in [0.2, 0.25) is 5.02 Å². The molecule has 2 bridgehead atoms. The van der Waals surface area contributed by atoms with E-state index in [1.807, 2.05) is 24.3 Å². The molecule has 2 aliphatic heterocycles. The summed E-state index contributed by atoms with van der Waals surface area (Å²) in [5.74, 6) is 0. The number of hydrogen-bond acceptors (Lipinski definition) is 2. The number of nitrogens with zero attached hydrogens (tertiary/aromatic N) is 1. The molecule has 2 fully saturated rings. The van der Waals surface area contributed by atoms with Crippen LogP contribution < -0.4 is 10.6 Å². The van der Waals surface area contributed by atoms with E-state index in [1.54, 1.807) is 0 Å². The third-order valence-corrected chi connectivity index (χ3v) is 6.24. The third-order valence-electron chi connectivity index (χ3n) is 5.77. The Labute approximate surface area is 172 Å². The van der Waals surface area contributed by atoms with E-state index >= 15 is 0 Å². The summed E-state index contributed by atoms with van der Waals surface area (Å²) in [4.78, 5) is 2.73. The molecule has 2 atom stereocenters. The zero-order valence-corrected chi connectivity index (χ0v) is 17.0. The molecule has 2 saturated heterocycles. The fraction of sp³-hybridized carbons (Fsp3) is 0.409. The Morgan fingerprint density at radius 1 is 1.00 bits per heavy atom.